The lowest BCUT2D eigenvalue weighted by Gasteiger charge is -2.18. The molecule has 2 atom stereocenters. The van der Waals surface area contributed by atoms with Gasteiger partial charge >= 0.3 is 11.9 Å². The average Bonchev–Trinajstić information content (AvgIpc) is 3.20. The highest BCUT2D eigenvalue weighted by Gasteiger charge is 2.19. The highest BCUT2D eigenvalue weighted by Crippen LogP contribution is 2.19. The van der Waals surface area contributed by atoms with E-state index < -0.39 is 12.0 Å². The third-order valence-electron chi connectivity index (χ3n) is 11.3. The SMILES string of the molecule is CCCCCCC/C=C\C/C=C\CCCCCCCCCCCCCC(=O)OC(CCCCCCCCCC)CCCCCCCC(=O)NC(CCCN)C(=O)O. The van der Waals surface area contributed by atoms with E-state index in [9.17, 15) is 19.5 Å². The Morgan fingerprint density at radius 3 is 1.35 bits per heavy atom. The molecule has 0 aromatic heterocycles. The van der Waals surface area contributed by atoms with E-state index in [1.54, 1.807) is 0 Å². The van der Waals surface area contributed by atoms with Crippen LogP contribution >= 0.6 is 0 Å². The molecule has 1 amide bonds. The van der Waals surface area contributed by atoms with Crippen molar-refractivity contribution >= 4 is 17.8 Å². The van der Waals surface area contributed by atoms with Gasteiger partial charge in [0.15, 0.2) is 0 Å². The van der Waals surface area contributed by atoms with Crippen LogP contribution in [0.3, 0.4) is 0 Å². The topological polar surface area (TPSA) is 119 Å². The van der Waals surface area contributed by atoms with Gasteiger partial charge in [0.1, 0.15) is 12.1 Å². The average molecular weight is 803 g/mol. The van der Waals surface area contributed by atoms with Crippen LogP contribution in [0, 0.1) is 0 Å². The molecule has 7 nitrogen and oxygen atoms in total. The van der Waals surface area contributed by atoms with E-state index >= 15 is 0 Å². The molecule has 0 heterocycles. The van der Waals surface area contributed by atoms with Crippen LogP contribution in [0.4, 0.5) is 0 Å². The monoisotopic (exact) mass is 803 g/mol. The molecule has 7 heteroatoms. The van der Waals surface area contributed by atoms with E-state index in [4.69, 9.17) is 10.5 Å². The van der Waals surface area contributed by atoms with Crippen molar-refractivity contribution in [1.82, 2.24) is 5.32 Å². The number of nitrogens with two attached hydrogens (primary N) is 1. The van der Waals surface area contributed by atoms with Crippen LogP contribution in [0.5, 0.6) is 0 Å². The first-order valence-corrected chi connectivity index (χ1v) is 24.7. The second kappa shape index (κ2) is 44.9. The van der Waals surface area contributed by atoms with Crippen LogP contribution in [0.1, 0.15) is 258 Å². The minimum absolute atomic E-state index is 0.0169. The van der Waals surface area contributed by atoms with Crippen molar-refractivity contribution in [1.29, 1.82) is 0 Å². The summed E-state index contributed by atoms with van der Waals surface area (Å²) in [6.07, 6.45) is 52.4. The lowest BCUT2D eigenvalue weighted by molar-refractivity contribution is -0.150. The highest BCUT2D eigenvalue weighted by atomic mass is 16.5. The molecule has 57 heavy (non-hydrogen) atoms. The smallest absolute Gasteiger partial charge is 0.326 e. The first-order valence-electron chi connectivity index (χ1n) is 24.7. The quantitative estimate of drug-likeness (QED) is 0.0320. The molecule has 0 rings (SSSR count). The standard InChI is InChI=1S/C50H94N2O5/c1-3-5-7-9-11-13-14-15-16-17-18-19-20-21-22-23-24-25-26-27-29-34-38-44-49(54)57-46(40-35-31-28-12-10-8-6-4-2)41-36-32-30-33-37-43-48(53)52-47(50(55)56)42-39-45-51/h14-15,17-18,46-47H,3-13,16,19-45,51H2,1-2H3,(H,52,53)(H,55,56)/b15-14-,18-17-. The molecule has 0 aromatic rings. The Morgan fingerprint density at radius 1 is 0.509 bits per heavy atom. The van der Waals surface area contributed by atoms with Gasteiger partial charge in [0.25, 0.3) is 0 Å². The fraction of sp³-hybridized carbons (Fsp3) is 0.860. The van der Waals surface area contributed by atoms with Gasteiger partial charge in [-0.25, -0.2) is 4.79 Å². The Hall–Kier alpha value is -2.15. The van der Waals surface area contributed by atoms with Crippen LogP contribution in [0.15, 0.2) is 24.3 Å². The van der Waals surface area contributed by atoms with Gasteiger partial charge in [-0.3, -0.25) is 9.59 Å². The highest BCUT2D eigenvalue weighted by molar-refractivity contribution is 5.83. The van der Waals surface area contributed by atoms with Crippen molar-refractivity contribution in [3.63, 3.8) is 0 Å². The summed E-state index contributed by atoms with van der Waals surface area (Å²) in [6.45, 7) is 4.94. The predicted molar refractivity (Wildman–Crippen MR) is 244 cm³/mol. The lowest BCUT2D eigenvalue weighted by atomic mass is 10.0. The number of hydrogen-bond acceptors (Lipinski definition) is 5. The Kier molecular flexibility index (Phi) is 43.2. The van der Waals surface area contributed by atoms with Crippen LogP contribution < -0.4 is 11.1 Å². The number of carboxylic acid groups (broad SMARTS) is 1. The summed E-state index contributed by atoms with van der Waals surface area (Å²) in [4.78, 5) is 36.4. The molecule has 0 aliphatic rings. The summed E-state index contributed by atoms with van der Waals surface area (Å²) in [5, 5.41) is 11.9. The minimum Gasteiger partial charge on any atom is -0.480 e. The molecule has 0 radical (unpaired) electrons. The van der Waals surface area contributed by atoms with Crippen molar-refractivity contribution in [3.8, 4) is 0 Å². The fourth-order valence-corrected chi connectivity index (χ4v) is 7.54. The molecule has 4 N–H and O–H groups in total. The molecule has 0 fully saturated rings. The molecule has 0 spiro atoms. The number of aliphatic carboxylic acids is 1. The van der Waals surface area contributed by atoms with E-state index in [0.29, 0.717) is 32.2 Å². The van der Waals surface area contributed by atoms with Crippen LogP contribution in [-0.4, -0.2) is 41.6 Å². The van der Waals surface area contributed by atoms with Crippen molar-refractivity contribution in [2.45, 2.75) is 270 Å². The molecule has 0 aliphatic carbocycles. The van der Waals surface area contributed by atoms with Gasteiger partial charge in [0, 0.05) is 12.8 Å². The molecule has 334 valence electrons. The van der Waals surface area contributed by atoms with Gasteiger partial charge in [0.05, 0.1) is 0 Å². The third-order valence-corrected chi connectivity index (χ3v) is 11.3. The molecule has 2 unspecified atom stereocenters. The number of carbonyl (C=O) groups is 3. The zero-order valence-corrected chi connectivity index (χ0v) is 37.7. The van der Waals surface area contributed by atoms with Gasteiger partial charge < -0.3 is 20.9 Å². The number of amides is 1. The number of allylic oxidation sites excluding steroid dienone is 4. The Morgan fingerprint density at radius 2 is 0.912 bits per heavy atom. The van der Waals surface area contributed by atoms with E-state index in [-0.39, 0.29) is 18.0 Å². The molecular weight excluding hydrogens is 709 g/mol. The Labute approximate surface area is 353 Å². The van der Waals surface area contributed by atoms with E-state index in [2.05, 4.69) is 43.5 Å². The molecule has 0 saturated heterocycles. The minimum atomic E-state index is -1.00. The summed E-state index contributed by atoms with van der Waals surface area (Å²) < 4.78 is 6.05. The summed E-state index contributed by atoms with van der Waals surface area (Å²) >= 11 is 0. The maximum absolute atomic E-state index is 12.8. The Bertz CT molecular complexity index is 951. The van der Waals surface area contributed by atoms with Crippen LogP contribution in [0.25, 0.3) is 0 Å². The molecule has 0 saturated carbocycles. The molecule has 0 bridgehead atoms. The largest absolute Gasteiger partial charge is 0.480 e. The van der Waals surface area contributed by atoms with Crippen molar-refractivity contribution in [2.75, 3.05) is 6.54 Å². The van der Waals surface area contributed by atoms with E-state index in [1.165, 1.54) is 148 Å². The zero-order chi connectivity index (χ0) is 41.7. The predicted octanol–water partition coefficient (Wildman–Crippen LogP) is 14.4. The Balaban J connectivity index is 4.06. The van der Waals surface area contributed by atoms with Crippen LogP contribution in [0.2, 0.25) is 0 Å². The number of carboxylic acids is 1. The van der Waals surface area contributed by atoms with Gasteiger partial charge in [0.2, 0.25) is 5.91 Å². The summed E-state index contributed by atoms with van der Waals surface area (Å²) in [5.74, 6) is -1.22. The first-order chi connectivity index (χ1) is 27.9. The fourth-order valence-electron chi connectivity index (χ4n) is 7.54. The number of ether oxygens (including phenoxy) is 1. The molecule has 0 aromatic carbocycles. The second-order valence-corrected chi connectivity index (χ2v) is 16.9. The molecule has 0 aliphatic heterocycles. The summed E-state index contributed by atoms with van der Waals surface area (Å²) in [5.41, 5.74) is 5.49. The van der Waals surface area contributed by atoms with Gasteiger partial charge in [-0.2, -0.15) is 0 Å². The van der Waals surface area contributed by atoms with Crippen molar-refractivity contribution in [3.05, 3.63) is 24.3 Å². The van der Waals surface area contributed by atoms with Crippen LogP contribution in [-0.2, 0) is 19.1 Å². The number of nitrogens with one attached hydrogen (secondary N) is 1. The van der Waals surface area contributed by atoms with Gasteiger partial charge in [-0.1, -0.05) is 186 Å². The second-order valence-electron chi connectivity index (χ2n) is 16.9. The zero-order valence-electron chi connectivity index (χ0n) is 37.7. The third kappa shape index (κ3) is 41.8. The number of unbranched alkanes of at least 4 members (excludes halogenated alkanes) is 27. The number of hydrogen-bond donors (Lipinski definition) is 3. The normalized spacial score (nSPS) is 12.8. The summed E-state index contributed by atoms with van der Waals surface area (Å²) in [7, 11) is 0. The maximum atomic E-state index is 12.8. The summed E-state index contributed by atoms with van der Waals surface area (Å²) in [6, 6.07) is -0.854. The first kappa shape index (κ1) is 54.9. The van der Waals surface area contributed by atoms with Crippen molar-refractivity contribution in [2.24, 2.45) is 5.73 Å². The number of carbonyl (C=O) groups excluding carboxylic acids is 2. The maximum Gasteiger partial charge on any atom is 0.326 e. The lowest BCUT2D eigenvalue weighted by Crippen LogP contribution is -2.40. The number of esters is 1. The van der Waals surface area contributed by atoms with Crippen molar-refractivity contribution < 1.29 is 24.2 Å². The molecular formula is C50H94N2O5. The van der Waals surface area contributed by atoms with Gasteiger partial charge in [-0.05, 0) is 90.0 Å². The number of rotatable bonds is 45. The van der Waals surface area contributed by atoms with E-state index in [1.807, 2.05) is 0 Å². The van der Waals surface area contributed by atoms with E-state index in [0.717, 1.165) is 70.6 Å². The van der Waals surface area contributed by atoms with Gasteiger partial charge in [-0.15, -0.1) is 0 Å².